The van der Waals surface area contributed by atoms with Gasteiger partial charge < -0.3 is 9.47 Å². The van der Waals surface area contributed by atoms with Gasteiger partial charge in [-0.3, -0.25) is 9.59 Å². The predicted octanol–water partition coefficient (Wildman–Crippen LogP) is 3.05. The van der Waals surface area contributed by atoms with E-state index in [4.69, 9.17) is 9.47 Å². The maximum Gasteiger partial charge on any atom is 0.313 e. The van der Waals surface area contributed by atoms with Crippen molar-refractivity contribution >= 4 is 27.9 Å². The average molecular weight is 341 g/mol. The average Bonchev–Trinajstić information content (AvgIpc) is 3.25. The Morgan fingerprint density at radius 3 is 2.25 bits per heavy atom. The molecule has 0 bridgehead atoms. The molecule has 0 aliphatic heterocycles. The zero-order valence-corrected chi connectivity index (χ0v) is 13.1. The van der Waals surface area contributed by atoms with Gasteiger partial charge in [0.1, 0.15) is 0 Å². The first-order chi connectivity index (χ1) is 9.52. The maximum atomic E-state index is 12.0. The van der Waals surface area contributed by atoms with Crippen LogP contribution in [0.5, 0.6) is 0 Å². The van der Waals surface area contributed by atoms with Crippen LogP contribution in [0.25, 0.3) is 0 Å². The molecule has 1 aromatic rings. The molecule has 1 atom stereocenters. The first kappa shape index (κ1) is 15.0. The van der Waals surface area contributed by atoms with Crippen LogP contribution in [-0.4, -0.2) is 26.2 Å². The van der Waals surface area contributed by atoms with Crippen LogP contribution in [0.3, 0.4) is 0 Å². The minimum absolute atomic E-state index is 0.233. The molecule has 5 heteroatoms. The molecule has 0 saturated heterocycles. The van der Waals surface area contributed by atoms with Crippen LogP contribution in [0.2, 0.25) is 0 Å². The lowest BCUT2D eigenvalue weighted by molar-refractivity contribution is -0.149. The van der Waals surface area contributed by atoms with Crippen molar-refractivity contribution in [2.75, 3.05) is 14.2 Å². The Hall–Kier alpha value is -1.36. The van der Waals surface area contributed by atoms with Crippen molar-refractivity contribution in [2.24, 2.45) is 5.41 Å². The normalized spacial score (nSPS) is 17.1. The number of esters is 2. The van der Waals surface area contributed by atoms with Gasteiger partial charge in [0.05, 0.1) is 25.6 Å². The molecule has 1 unspecified atom stereocenters. The fraction of sp³-hybridized carbons (Fsp3) is 0.467. The number of ether oxygens (including phenoxy) is 2. The summed E-state index contributed by atoms with van der Waals surface area (Å²) in [6.07, 6.45) is 1.97. The first-order valence-corrected chi connectivity index (χ1v) is 7.23. The molecule has 0 amide bonds. The van der Waals surface area contributed by atoms with Gasteiger partial charge in [-0.25, -0.2) is 0 Å². The maximum absolute atomic E-state index is 12.0. The molecule has 108 valence electrons. The summed E-state index contributed by atoms with van der Waals surface area (Å²) < 4.78 is 10.7. The van der Waals surface area contributed by atoms with Crippen LogP contribution >= 0.6 is 15.9 Å². The molecule has 2 rings (SSSR count). The molecule has 0 aromatic heterocycles. The van der Waals surface area contributed by atoms with E-state index >= 15 is 0 Å². The molecular formula is C15H17BrO4. The molecule has 1 aliphatic carbocycles. The number of benzene rings is 1. The second-order valence-electron chi connectivity index (χ2n) is 5.10. The second kappa shape index (κ2) is 5.95. The SMILES string of the molecule is COC(=O)C(CC1(C(=O)OC)CC1)c1ccc(Br)cc1. The van der Waals surface area contributed by atoms with Crippen molar-refractivity contribution < 1.29 is 19.1 Å². The molecular weight excluding hydrogens is 324 g/mol. The number of hydrogen-bond donors (Lipinski definition) is 0. The Morgan fingerprint density at radius 2 is 1.80 bits per heavy atom. The zero-order chi connectivity index (χ0) is 14.8. The molecule has 1 saturated carbocycles. The molecule has 1 aliphatic rings. The van der Waals surface area contributed by atoms with E-state index in [0.29, 0.717) is 6.42 Å². The number of rotatable bonds is 5. The Kier molecular flexibility index (Phi) is 4.48. The summed E-state index contributed by atoms with van der Waals surface area (Å²) >= 11 is 3.37. The minimum Gasteiger partial charge on any atom is -0.469 e. The van der Waals surface area contributed by atoms with Crippen molar-refractivity contribution in [3.05, 3.63) is 34.3 Å². The number of halogens is 1. The highest BCUT2D eigenvalue weighted by molar-refractivity contribution is 9.10. The summed E-state index contributed by atoms with van der Waals surface area (Å²) in [4.78, 5) is 23.9. The minimum atomic E-state index is -0.513. The van der Waals surface area contributed by atoms with Crippen LogP contribution in [0.15, 0.2) is 28.7 Å². The lowest BCUT2D eigenvalue weighted by Gasteiger charge is -2.20. The number of methoxy groups -OCH3 is 2. The van der Waals surface area contributed by atoms with Crippen molar-refractivity contribution in [2.45, 2.75) is 25.2 Å². The van der Waals surface area contributed by atoms with Gasteiger partial charge in [0.15, 0.2) is 0 Å². The van der Waals surface area contributed by atoms with Crippen LogP contribution < -0.4 is 0 Å². The van der Waals surface area contributed by atoms with E-state index in [2.05, 4.69) is 15.9 Å². The Bertz CT molecular complexity index is 505. The number of carbonyl (C=O) groups excluding carboxylic acids is 2. The molecule has 0 N–H and O–H groups in total. The van der Waals surface area contributed by atoms with Crippen molar-refractivity contribution in [3.63, 3.8) is 0 Å². The van der Waals surface area contributed by atoms with E-state index < -0.39 is 11.3 Å². The number of hydrogen-bond acceptors (Lipinski definition) is 4. The lowest BCUT2D eigenvalue weighted by atomic mass is 9.87. The predicted molar refractivity (Wildman–Crippen MR) is 77.2 cm³/mol. The fourth-order valence-electron chi connectivity index (χ4n) is 2.42. The highest BCUT2D eigenvalue weighted by Gasteiger charge is 2.53. The lowest BCUT2D eigenvalue weighted by Crippen LogP contribution is -2.25. The standard InChI is InChI=1S/C15H17BrO4/c1-19-13(17)12(10-3-5-11(16)6-4-10)9-15(7-8-15)14(18)20-2/h3-6,12H,7-9H2,1-2H3. The van der Waals surface area contributed by atoms with E-state index in [1.165, 1.54) is 14.2 Å². The third kappa shape index (κ3) is 3.03. The first-order valence-electron chi connectivity index (χ1n) is 6.44. The zero-order valence-electron chi connectivity index (χ0n) is 11.5. The Labute approximate surface area is 126 Å². The van der Waals surface area contributed by atoms with Gasteiger partial charge in [-0.2, -0.15) is 0 Å². The second-order valence-corrected chi connectivity index (χ2v) is 6.02. The molecule has 1 aromatic carbocycles. The third-order valence-electron chi connectivity index (χ3n) is 3.82. The fourth-order valence-corrected chi connectivity index (χ4v) is 2.69. The van der Waals surface area contributed by atoms with E-state index in [9.17, 15) is 9.59 Å². The van der Waals surface area contributed by atoms with E-state index in [0.717, 1.165) is 22.9 Å². The van der Waals surface area contributed by atoms with Gasteiger partial charge in [-0.15, -0.1) is 0 Å². The highest BCUT2D eigenvalue weighted by Crippen LogP contribution is 2.53. The summed E-state index contributed by atoms with van der Waals surface area (Å²) in [5, 5.41) is 0. The van der Waals surface area contributed by atoms with Gasteiger partial charge in [0.25, 0.3) is 0 Å². The third-order valence-corrected chi connectivity index (χ3v) is 4.35. The van der Waals surface area contributed by atoms with E-state index in [-0.39, 0.29) is 11.9 Å². The quantitative estimate of drug-likeness (QED) is 0.773. The largest absolute Gasteiger partial charge is 0.469 e. The summed E-state index contributed by atoms with van der Waals surface area (Å²) in [6, 6.07) is 7.50. The van der Waals surface area contributed by atoms with Crippen LogP contribution in [0.1, 0.15) is 30.7 Å². The summed E-state index contributed by atoms with van der Waals surface area (Å²) in [7, 11) is 2.75. The van der Waals surface area contributed by atoms with Crippen LogP contribution in [-0.2, 0) is 19.1 Å². The molecule has 1 fully saturated rings. The van der Waals surface area contributed by atoms with Crippen LogP contribution in [0.4, 0.5) is 0 Å². The molecule has 20 heavy (non-hydrogen) atoms. The summed E-state index contributed by atoms with van der Waals surface area (Å²) in [6.45, 7) is 0. The molecule has 0 heterocycles. The van der Waals surface area contributed by atoms with Gasteiger partial charge >= 0.3 is 11.9 Å². The van der Waals surface area contributed by atoms with Gasteiger partial charge in [0.2, 0.25) is 0 Å². The van der Waals surface area contributed by atoms with Gasteiger partial charge in [0, 0.05) is 4.47 Å². The van der Waals surface area contributed by atoms with E-state index in [1.54, 1.807) is 0 Å². The Morgan fingerprint density at radius 1 is 1.20 bits per heavy atom. The molecule has 4 nitrogen and oxygen atoms in total. The van der Waals surface area contributed by atoms with E-state index in [1.807, 2.05) is 24.3 Å². The Balaban J connectivity index is 2.23. The van der Waals surface area contributed by atoms with Gasteiger partial charge in [-0.05, 0) is 37.0 Å². The topological polar surface area (TPSA) is 52.6 Å². The van der Waals surface area contributed by atoms with Gasteiger partial charge in [-0.1, -0.05) is 28.1 Å². The smallest absolute Gasteiger partial charge is 0.313 e. The van der Waals surface area contributed by atoms with Crippen molar-refractivity contribution in [1.82, 2.24) is 0 Å². The van der Waals surface area contributed by atoms with Crippen molar-refractivity contribution in [3.8, 4) is 0 Å². The summed E-state index contributed by atoms with van der Waals surface area (Å²) in [5.74, 6) is -0.985. The summed E-state index contributed by atoms with van der Waals surface area (Å²) in [5.41, 5.74) is 0.343. The number of carbonyl (C=O) groups is 2. The van der Waals surface area contributed by atoms with Crippen LogP contribution in [0, 0.1) is 5.41 Å². The molecule has 0 spiro atoms. The van der Waals surface area contributed by atoms with Crippen molar-refractivity contribution in [1.29, 1.82) is 0 Å². The highest BCUT2D eigenvalue weighted by atomic mass is 79.9. The molecule has 0 radical (unpaired) electrons. The monoisotopic (exact) mass is 340 g/mol.